The minimum atomic E-state index is -0.797. The van der Waals surface area contributed by atoms with Gasteiger partial charge in [-0.05, 0) is 47.2 Å². The van der Waals surface area contributed by atoms with Crippen LogP contribution in [0.5, 0.6) is 0 Å². The number of rotatable bonds is 4. The summed E-state index contributed by atoms with van der Waals surface area (Å²) in [4.78, 5) is 13.0. The van der Waals surface area contributed by atoms with E-state index in [0.717, 1.165) is 6.54 Å². The largest absolute Gasteiger partial charge is 0.481 e. The highest BCUT2D eigenvalue weighted by molar-refractivity contribution is 14.1. The Labute approximate surface area is 126 Å². The molecule has 1 aromatic carbocycles. The lowest BCUT2D eigenvalue weighted by Gasteiger charge is -2.36. The lowest BCUT2D eigenvalue weighted by molar-refractivity contribution is -0.142. The molecule has 1 heterocycles. The van der Waals surface area contributed by atoms with E-state index in [2.05, 4.69) is 58.7 Å². The van der Waals surface area contributed by atoms with Gasteiger partial charge in [0.1, 0.15) is 0 Å². The third kappa shape index (κ3) is 4.15. The average Bonchev–Trinajstić information content (AvgIpc) is 2.38. The number of carboxylic acid groups (broad SMARTS) is 1. The number of hydrogen-bond acceptors (Lipinski definition) is 3. The number of hydrogen-bond donors (Lipinski definition) is 1. The van der Waals surface area contributed by atoms with E-state index in [1.807, 2.05) is 0 Å². The van der Waals surface area contributed by atoms with Gasteiger partial charge in [0.25, 0.3) is 0 Å². The van der Waals surface area contributed by atoms with Crippen LogP contribution in [0.15, 0.2) is 24.3 Å². The Morgan fingerprint density at radius 1 is 1.53 bits per heavy atom. The number of carboxylic acids is 1. The van der Waals surface area contributed by atoms with Gasteiger partial charge in [-0.25, -0.2) is 0 Å². The van der Waals surface area contributed by atoms with E-state index in [1.165, 1.54) is 9.13 Å². The second-order valence-corrected chi connectivity index (χ2v) is 6.06. The van der Waals surface area contributed by atoms with Crippen molar-refractivity contribution in [3.05, 3.63) is 33.4 Å². The third-order valence-electron chi connectivity index (χ3n) is 3.47. The maximum atomic E-state index is 10.8. The Morgan fingerprint density at radius 2 is 2.21 bits per heavy atom. The van der Waals surface area contributed by atoms with Crippen LogP contribution < -0.4 is 0 Å². The zero-order valence-corrected chi connectivity index (χ0v) is 13.0. The maximum Gasteiger partial charge on any atom is 0.306 e. The first-order valence-corrected chi connectivity index (χ1v) is 7.47. The second kappa shape index (κ2) is 6.67. The molecule has 1 fully saturated rings. The molecule has 0 amide bonds. The van der Waals surface area contributed by atoms with Gasteiger partial charge in [0, 0.05) is 22.7 Å². The van der Waals surface area contributed by atoms with Crippen LogP contribution in [0, 0.1) is 3.57 Å². The molecule has 0 spiro atoms. The van der Waals surface area contributed by atoms with Crippen LogP contribution in [-0.2, 0) is 9.53 Å². The smallest absolute Gasteiger partial charge is 0.306 e. The molecule has 2 unspecified atom stereocenters. The number of nitrogens with zero attached hydrogens (tertiary/aromatic N) is 1. The van der Waals surface area contributed by atoms with Crippen LogP contribution >= 0.6 is 22.6 Å². The predicted octanol–water partition coefficient (Wildman–Crippen LogP) is 2.53. The summed E-state index contributed by atoms with van der Waals surface area (Å²) < 4.78 is 6.72. The van der Waals surface area contributed by atoms with Gasteiger partial charge >= 0.3 is 5.97 Å². The Kier molecular flexibility index (Phi) is 5.18. The highest BCUT2D eigenvalue weighted by atomic mass is 127. The molecule has 1 N–H and O–H groups in total. The van der Waals surface area contributed by atoms with Crippen LogP contribution in [0.25, 0.3) is 0 Å². The van der Waals surface area contributed by atoms with Crippen molar-refractivity contribution in [3.8, 4) is 0 Å². The second-order valence-electron chi connectivity index (χ2n) is 4.81. The van der Waals surface area contributed by atoms with Gasteiger partial charge in [0.05, 0.1) is 19.1 Å². The lowest BCUT2D eigenvalue weighted by atomic mass is 10.1. The number of benzene rings is 1. The van der Waals surface area contributed by atoms with Gasteiger partial charge in [-0.3, -0.25) is 9.69 Å². The number of morpholine rings is 1. The van der Waals surface area contributed by atoms with Crippen LogP contribution in [-0.4, -0.2) is 41.8 Å². The van der Waals surface area contributed by atoms with Gasteiger partial charge in [0.2, 0.25) is 0 Å². The van der Waals surface area contributed by atoms with Gasteiger partial charge in [-0.2, -0.15) is 0 Å². The fourth-order valence-corrected chi connectivity index (χ4v) is 2.72. The van der Waals surface area contributed by atoms with Gasteiger partial charge in [-0.15, -0.1) is 0 Å². The molecule has 2 atom stereocenters. The Bertz CT molecular complexity index is 435. The van der Waals surface area contributed by atoms with Crippen molar-refractivity contribution in [3.63, 3.8) is 0 Å². The normalized spacial score (nSPS) is 22.1. The Morgan fingerprint density at radius 3 is 2.84 bits per heavy atom. The Balaban J connectivity index is 2.00. The minimum absolute atomic E-state index is 0.0793. The zero-order valence-electron chi connectivity index (χ0n) is 10.9. The predicted molar refractivity (Wildman–Crippen MR) is 81.1 cm³/mol. The van der Waals surface area contributed by atoms with Crippen LogP contribution in [0.4, 0.5) is 0 Å². The summed E-state index contributed by atoms with van der Waals surface area (Å²) in [5.41, 5.74) is 1.26. The van der Waals surface area contributed by atoms with Crippen LogP contribution in [0.2, 0.25) is 0 Å². The van der Waals surface area contributed by atoms with E-state index >= 15 is 0 Å². The molecule has 0 saturated carbocycles. The molecule has 1 aliphatic heterocycles. The molecule has 5 heteroatoms. The number of ether oxygens (including phenoxy) is 1. The molecule has 0 radical (unpaired) electrons. The first-order valence-electron chi connectivity index (χ1n) is 6.39. The Hall–Kier alpha value is -0.660. The first kappa shape index (κ1) is 14.7. The highest BCUT2D eigenvalue weighted by Gasteiger charge is 2.26. The highest BCUT2D eigenvalue weighted by Crippen LogP contribution is 2.24. The molecule has 1 aliphatic rings. The number of halogens is 1. The van der Waals surface area contributed by atoms with E-state index in [0.29, 0.717) is 13.2 Å². The standard InChI is InChI=1S/C14H18INO3/c1-10(11-2-4-12(15)5-3-11)16-6-7-19-13(9-16)8-14(17)18/h2-5,10,13H,6-9H2,1H3,(H,17,18). The van der Waals surface area contributed by atoms with Gasteiger partial charge in [-0.1, -0.05) is 12.1 Å². The summed E-state index contributed by atoms with van der Waals surface area (Å²) in [6.07, 6.45) is -0.117. The van der Waals surface area contributed by atoms with Crippen molar-refractivity contribution >= 4 is 28.6 Å². The van der Waals surface area contributed by atoms with E-state index in [-0.39, 0.29) is 18.6 Å². The summed E-state index contributed by atoms with van der Waals surface area (Å²) >= 11 is 2.29. The van der Waals surface area contributed by atoms with Crippen LogP contribution in [0.1, 0.15) is 24.9 Å². The fourth-order valence-electron chi connectivity index (χ4n) is 2.36. The van der Waals surface area contributed by atoms with Crippen molar-refractivity contribution in [1.82, 2.24) is 4.90 Å². The van der Waals surface area contributed by atoms with Crippen molar-refractivity contribution < 1.29 is 14.6 Å². The summed E-state index contributed by atoms with van der Waals surface area (Å²) in [7, 11) is 0. The topological polar surface area (TPSA) is 49.8 Å². The molecular weight excluding hydrogens is 357 g/mol. The third-order valence-corrected chi connectivity index (χ3v) is 4.19. The molecule has 4 nitrogen and oxygen atoms in total. The summed E-state index contributed by atoms with van der Waals surface area (Å²) in [5.74, 6) is -0.797. The molecule has 0 bridgehead atoms. The lowest BCUT2D eigenvalue weighted by Crippen LogP contribution is -2.44. The van der Waals surface area contributed by atoms with E-state index in [1.54, 1.807) is 0 Å². The first-order chi connectivity index (χ1) is 9.06. The van der Waals surface area contributed by atoms with Gasteiger partial charge in [0.15, 0.2) is 0 Å². The molecular formula is C14H18INO3. The molecule has 104 valence electrons. The van der Waals surface area contributed by atoms with Gasteiger partial charge < -0.3 is 9.84 Å². The summed E-state index contributed by atoms with van der Waals surface area (Å²) in [6.45, 7) is 4.29. The molecule has 0 aromatic heterocycles. The minimum Gasteiger partial charge on any atom is -0.481 e. The number of carbonyl (C=O) groups is 1. The summed E-state index contributed by atoms with van der Waals surface area (Å²) in [6, 6.07) is 8.75. The van der Waals surface area contributed by atoms with E-state index in [4.69, 9.17) is 9.84 Å². The maximum absolute atomic E-state index is 10.8. The van der Waals surface area contributed by atoms with Crippen molar-refractivity contribution in [2.24, 2.45) is 0 Å². The van der Waals surface area contributed by atoms with Crippen LogP contribution in [0.3, 0.4) is 0 Å². The SMILES string of the molecule is CC(c1ccc(I)cc1)N1CCOC(CC(=O)O)C1. The molecule has 19 heavy (non-hydrogen) atoms. The average molecular weight is 375 g/mol. The number of aliphatic carboxylic acids is 1. The van der Waals surface area contributed by atoms with Crippen molar-refractivity contribution in [2.45, 2.75) is 25.5 Å². The zero-order chi connectivity index (χ0) is 13.8. The molecule has 1 aromatic rings. The monoisotopic (exact) mass is 375 g/mol. The van der Waals surface area contributed by atoms with Crippen molar-refractivity contribution in [1.29, 1.82) is 0 Å². The molecule has 0 aliphatic carbocycles. The molecule has 2 rings (SSSR count). The van der Waals surface area contributed by atoms with E-state index in [9.17, 15) is 4.79 Å². The molecule has 1 saturated heterocycles. The fraction of sp³-hybridized carbons (Fsp3) is 0.500. The summed E-state index contributed by atoms with van der Waals surface area (Å²) in [5, 5.41) is 8.84. The van der Waals surface area contributed by atoms with Crippen molar-refractivity contribution in [2.75, 3.05) is 19.7 Å². The van der Waals surface area contributed by atoms with E-state index < -0.39 is 5.97 Å². The quantitative estimate of drug-likeness (QED) is 0.822.